The molecular weight excluding hydrogens is 353 g/mol. The number of hydrogen-bond donors (Lipinski definition) is 1. The molecule has 0 radical (unpaired) electrons. The van der Waals surface area contributed by atoms with Crippen LogP contribution in [-0.2, 0) is 17.5 Å². The van der Waals surface area contributed by atoms with Crippen molar-refractivity contribution in [3.05, 3.63) is 34.9 Å². The summed E-state index contributed by atoms with van der Waals surface area (Å²) in [7, 11) is -1.43. The first-order valence-electron chi connectivity index (χ1n) is 7.47. The van der Waals surface area contributed by atoms with Crippen molar-refractivity contribution in [3.63, 3.8) is 0 Å². The second-order valence-corrected chi connectivity index (χ2v) is 12.9. The number of nitrogens with zero attached hydrogens (tertiary/aromatic N) is 1. The predicted octanol–water partition coefficient (Wildman–Crippen LogP) is 4.33. The number of amides is 1. The van der Waals surface area contributed by atoms with Gasteiger partial charge >= 0.3 is 6.18 Å². The van der Waals surface area contributed by atoms with Crippen LogP contribution in [0.25, 0.3) is 0 Å². The van der Waals surface area contributed by atoms with E-state index in [-0.39, 0.29) is 18.0 Å². The number of rotatable bonds is 5. The number of carbonyl (C=O) groups excluding carboxylic acids is 1. The molecule has 1 aromatic rings. The van der Waals surface area contributed by atoms with Crippen LogP contribution in [0.2, 0.25) is 19.6 Å². The maximum absolute atomic E-state index is 13.3. The number of hydrogen-bond acceptors (Lipinski definition) is 3. The highest BCUT2D eigenvalue weighted by molar-refractivity contribution is 8.13. The van der Waals surface area contributed by atoms with Gasteiger partial charge in [-0.15, -0.1) is 11.8 Å². The molecule has 0 aromatic heterocycles. The third kappa shape index (κ3) is 6.68. The van der Waals surface area contributed by atoms with Crippen molar-refractivity contribution in [3.8, 4) is 0 Å². The standard InChI is InChI=1S/C16H23F3N2OSSi/c1-11(22)20-9-13-7-6-12(8-14(13)16(17,18)19)15(23-2)21-10-24(3,4)5/h6-8H,9-10H2,1-5H3,(H,20,22)/b21-15-. The predicted molar refractivity (Wildman–Crippen MR) is 97.2 cm³/mol. The van der Waals surface area contributed by atoms with Gasteiger partial charge in [0, 0.05) is 25.2 Å². The van der Waals surface area contributed by atoms with Gasteiger partial charge < -0.3 is 5.32 Å². The number of aliphatic imine (C=N–C) groups is 1. The molecule has 1 rings (SSSR count). The fourth-order valence-corrected chi connectivity index (χ4v) is 3.23. The van der Waals surface area contributed by atoms with Gasteiger partial charge in [-0.2, -0.15) is 13.2 Å². The Hall–Kier alpha value is -1.28. The Kier molecular flexibility index (Phi) is 7.09. The van der Waals surface area contributed by atoms with Crippen molar-refractivity contribution in [2.24, 2.45) is 4.99 Å². The molecule has 0 saturated heterocycles. The first kappa shape index (κ1) is 20.8. The van der Waals surface area contributed by atoms with Gasteiger partial charge in [0.1, 0.15) is 0 Å². The summed E-state index contributed by atoms with van der Waals surface area (Å²) < 4.78 is 40.0. The van der Waals surface area contributed by atoms with Gasteiger partial charge in [0.05, 0.1) is 18.7 Å². The molecule has 0 unspecified atom stereocenters. The summed E-state index contributed by atoms with van der Waals surface area (Å²) in [5.74, 6) is -0.367. The largest absolute Gasteiger partial charge is 0.416 e. The number of halogens is 3. The summed E-state index contributed by atoms with van der Waals surface area (Å²) >= 11 is 1.34. The van der Waals surface area contributed by atoms with E-state index >= 15 is 0 Å². The zero-order valence-corrected chi connectivity index (χ0v) is 16.4. The number of thioether (sulfide) groups is 1. The van der Waals surface area contributed by atoms with E-state index in [4.69, 9.17) is 0 Å². The number of carbonyl (C=O) groups is 1. The fraction of sp³-hybridized carbons (Fsp3) is 0.500. The minimum atomic E-state index is -4.48. The van der Waals surface area contributed by atoms with Gasteiger partial charge in [0.15, 0.2) is 0 Å². The van der Waals surface area contributed by atoms with Crippen molar-refractivity contribution in [2.45, 2.75) is 39.3 Å². The molecule has 0 saturated carbocycles. The molecule has 0 aliphatic heterocycles. The molecular formula is C16H23F3N2OSSi. The van der Waals surface area contributed by atoms with Crippen molar-refractivity contribution in [1.82, 2.24) is 5.32 Å². The maximum Gasteiger partial charge on any atom is 0.416 e. The van der Waals surface area contributed by atoms with Gasteiger partial charge in [-0.25, -0.2) is 0 Å². The monoisotopic (exact) mass is 376 g/mol. The summed E-state index contributed by atoms with van der Waals surface area (Å²) in [4.78, 5) is 15.5. The number of nitrogens with one attached hydrogen (secondary N) is 1. The lowest BCUT2D eigenvalue weighted by Gasteiger charge is -2.16. The molecule has 0 fully saturated rings. The molecule has 0 aliphatic carbocycles. The average Bonchev–Trinajstić information content (AvgIpc) is 2.44. The lowest BCUT2D eigenvalue weighted by atomic mass is 10.0. The molecule has 24 heavy (non-hydrogen) atoms. The van der Waals surface area contributed by atoms with E-state index in [2.05, 4.69) is 30.0 Å². The molecule has 0 atom stereocenters. The lowest BCUT2D eigenvalue weighted by molar-refractivity contribution is -0.138. The van der Waals surface area contributed by atoms with Crippen LogP contribution in [0.3, 0.4) is 0 Å². The summed E-state index contributed by atoms with van der Waals surface area (Å²) in [6.07, 6.45) is -2.01. The van der Waals surface area contributed by atoms with Gasteiger partial charge in [0.25, 0.3) is 0 Å². The van der Waals surface area contributed by atoms with Gasteiger partial charge in [0.2, 0.25) is 5.91 Å². The number of benzene rings is 1. The smallest absolute Gasteiger partial charge is 0.352 e. The Balaban J connectivity index is 3.24. The molecule has 134 valence electrons. The normalized spacial score (nSPS) is 13.1. The second kappa shape index (κ2) is 8.20. The molecule has 0 bridgehead atoms. The summed E-state index contributed by atoms with van der Waals surface area (Å²) in [6.45, 7) is 7.60. The molecule has 0 heterocycles. The molecule has 0 aliphatic rings. The van der Waals surface area contributed by atoms with Crippen molar-refractivity contribution >= 4 is 30.8 Å². The topological polar surface area (TPSA) is 41.5 Å². The van der Waals surface area contributed by atoms with Gasteiger partial charge in [-0.1, -0.05) is 31.8 Å². The first-order chi connectivity index (χ1) is 10.9. The maximum atomic E-state index is 13.3. The van der Waals surface area contributed by atoms with Crippen LogP contribution in [0.15, 0.2) is 23.2 Å². The van der Waals surface area contributed by atoms with E-state index in [1.165, 1.54) is 24.8 Å². The summed E-state index contributed by atoms with van der Waals surface area (Å²) in [5, 5.41) is 3.02. The Morgan fingerprint density at radius 3 is 2.38 bits per heavy atom. The highest BCUT2D eigenvalue weighted by Gasteiger charge is 2.33. The first-order valence-corrected chi connectivity index (χ1v) is 12.4. The summed E-state index contributed by atoms with van der Waals surface area (Å²) in [5.41, 5.74) is -0.227. The van der Waals surface area contributed by atoms with E-state index in [9.17, 15) is 18.0 Å². The lowest BCUT2D eigenvalue weighted by Crippen LogP contribution is -2.25. The van der Waals surface area contributed by atoms with Crippen LogP contribution >= 0.6 is 11.8 Å². The molecule has 1 amide bonds. The van der Waals surface area contributed by atoms with Crippen LogP contribution in [0.4, 0.5) is 13.2 Å². The molecule has 3 nitrogen and oxygen atoms in total. The Morgan fingerprint density at radius 2 is 1.92 bits per heavy atom. The SMILES string of the molecule is CS/C(=N\C[Si](C)(C)C)c1ccc(CNC(C)=O)c(C(F)(F)F)c1. The zero-order valence-electron chi connectivity index (χ0n) is 14.5. The van der Waals surface area contributed by atoms with Crippen LogP contribution in [0, 0.1) is 0 Å². The summed E-state index contributed by atoms with van der Waals surface area (Å²) in [6, 6.07) is 4.16. The quantitative estimate of drug-likeness (QED) is 0.472. The molecule has 1 N–H and O–H groups in total. The van der Waals surface area contributed by atoms with Crippen molar-refractivity contribution < 1.29 is 18.0 Å². The fourth-order valence-electron chi connectivity index (χ4n) is 1.93. The minimum Gasteiger partial charge on any atom is -0.352 e. The van der Waals surface area contributed by atoms with Gasteiger partial charge in [-0.05, 0) is 17.9 Å². The van der Waals surface area contributed by atoms with E-state index in [0.29, 0.717) is 16.8 Å². The van der Waals surface area contributed by atoms with Crippen LogP contribution in [0.5, 0.6) is 0 Å². The molecule has 8 heteroatoms. The molecule has 0 spiro atoms. The van der Waals surface area contributed by atoms with Crippen molar-refractivity contribution in [1.29, 1.82) is 0 Å². The highest BCUT2D eigenvalue weighted by Crippen LogP contribution is 2.33. The van der Waals surface area contributed by atoms with E-state index in [1.807, 2.05) is 6.26 Å². The molecule has 1 aromatic carbocycles. The number of alkyl halides is 3. The van der Waals surface area contributed by atoms with Crippen molar-refractivity contribution in [2.75, 3.05) is 12.4 Å². The highest BCUT2D eigenvalue weighted by atomic mass is 32.2. The van der Waals surface area contributed by atoms with Crippen LogP contribution in [-0.4, -0.2) is 31.4 Å². The third-order valence-electron chi connectivity index (χ3n) is 3.08. The Bertz CT molecular complexity index is 625. The third-order valence-corrected chi connectivity index (χ3v) is 4.94. The Labute approximate surface area is 146 Å². The Morgan fingerprint density at radius 1 is 1.29 bits per heavy atom. The average molecular weight is 377 g/mol. The van der Waals surface area contributed by atoms with E-state index in [1.54, 1.807) is 6.07 Å². The minimum absolute atomic E-state index is 0.0482. The van der Waals surface area contributed by atoms with E-state index in [0.717, 1.165) is 6.07 Å². The second-order valence-electron chi connectivity index (χ2n) is 6.67. The van der Waals surface area contributed by atoms with Crippen LogP contribution < -0.4 is 5.32 Å². The van der Waals surface area contributed by atoms with Gasteiger partial charge in [-0.3, -0.25) is 9.79 Å². The van der Waals surface area contributed by atoms with Crippen LogP contribution in [0.1, 0.15) is 23.6 Å². The van der Waals surface area contributed by atoms with E-state index < -0.39 is 19.8 Å². The zero-order chi connectivity index (χ0) is 18.5.